The molecule has 0 amide bonds. The van der Waals surface area contributed by atoms with Crippen molar-refractivity contribution >= 4 is 21.9 Å². The third kappa shape index (κ3) is 4.34. The summed E-state index contributed by atoms with van der Waals surface area (Å²) in [5, 5.41) is 2.17. The predicted molar refractivity (Wildman–Crippen MR) is 227 cm³/mol. The molecule has 0 saturated heterocycles. The van der Waals surface area contributed by atoms with Gasteiger partial charge in [-0.2, -0.15) is 0 Å². The average Bonchev–Trinajstić information content (AvgIpc) is 3.76. The number of para-hydroxylation sites is 1. The van der Waals surface area contributed by atoms with Gasteiger partial charge in [0.15, 0.2) is 5.82 Å². The fourth-order valence-corrected chi connectivity index (χ4v) is 9.56. The van der Waals surface area contributed by atoms with Crippen LogP contribution in [0.5, 0.6) is 0 Å². The average molecular weight is 713 g/mol. The smallest absolute Gasteiger partial charge is 0.160 e. The summed E-state index contributed by atoms with van der Waals surface area (Å²) in [5.74, 6) is 0.682. The Labute approximate surface area is 324 Å². The van der Waals surface area contributed by atoms with E-state index in [0.29, 0.717) is 5.82 Å². The van der Waals surface area contributed by atoms with Crippen molar-refractivity contribution in [3.63, 3.8) is 0 Å². The molecule has 8 aromatic carbocycles. The van der Waals surface area contributed by atoms with Gasteiger partial charge < -0.3 is 4.42 Å². The third-order valence-corrected chi connectivity index (χ3v) is 11.9. The van der Waals surface area contributed by atoms with E-state index >= 15 is 0 Å². The largest absolute Gasteiger partial charge is 0.456 e. The normalized spacial score (nSPS) is 13.1. The first-order valence-corrected chi connectivity index (χ1v) is 19.2. The van der Waals surface area contributed by atoms with Crippen molar-refractivity contribution in [2.75, 3.05) is 0 Å². The fraction of sp³-hybridized carbons (Fsp3) is 0.0189. The number of aromatic nitrogens is 2. The Kier molecular flexibility index (Phi) is 6.55. The van der Waals surface area contributed by atoms with Crippen molar-refractivity contribution in [3.8, 4) is 67.3 Å². The minimum Gasteiger partial charge on any atom is -0.456 e. The highest BCUT2D eigenvalue weighted by atomic mass is 16.3. The SMILES string of the molecule is c1ccc(-c2cc(-c3ccc4oc5ccccc5c4c3)nc(-c3ccc4c(c3)-c3ccccc3-c3ccccc3C43c4ccccc4-c4ccccc43)n2)cc1. The Morgan fingerprint density at radius 2 is 0.821 bits per heavy atom. The van der Waals surface area contributed by atoms with Crippen LogP contribution >= 0.6 is 0 Å². The maximum atomic E-state index is 6.20. The van der Waals surface area contributed by atoms with E-state index in [0.717, 1.165) is 50.0 Å². The summed E-state index contributed by atoms with van der Waals surface area (Å²) < 4.78 is 6.20. The number of nitrogens with zero attached hydrogens (tertiary/aromatic N) is 2. The quantitative estimate of drug-likeness (QED) is 0.183. The Morgan fingerprint density at radius 1 is 0.321 bits per heavy atom. The monoisotopic (exact) mass is 712 g/mol. The van der Waals surface area contributed by atoms with Crippen LogP contribution in [-0.4, -0.2) is 9.97 Å². The second kappa shape index (κ2) is 11.8. The van der Waals surface area contributed by atoms with Gasteiger partial charge in [-0.3, -0.25) is 0 Å². The first-order valence-electron chi connectivity index (χ1n) is 19.2. The van der Waals surface area contributed by atoms with Crippen LogP contribution in [0.1, 0.15) is 22.3 Å². The molecule has 2 aliphatic carbocycles. The maximum absolute atomic E-state index is 6.20. The molecule has 0 fully saturated rings. The van der Waals surface area contributed by atoms with Crippen molar-refractivity contribution in [2.24, 2.45) is 0 Å². The van der Waals surface area contributed by atoms with Crippen LogP contribution < -0.4 is 0 Å². The third-order valence-electron chi connectivity index (χ3n) is 11.9. The molecule has 10 aromatic rings. The lowest BCUT2D eigenvalue weighted by Gasteiger charge is -2.35. The highest BCUT2D eigenvalue weighted by Gasteiger charge is 2.49. The zero-order valence-electron chi connectivity index (χ0n) is 30.3. The van der Waals surface area contributed by atoms with Crippen molar-refractivity contribution in [1.82, 2.24) is 9.97 Å². The van der Waals surface area contributed by atoms with Crippen LogP contribution in [0.4, 0.5) is 0 Å². The molecule has 1 spiro atoms. The summed E-state index contributed by atoms with van der Waals surface area (Å²) in [6.07, 6.45) is 0. The van der Waals surface area contributed by atoms with E-state index in [1.807, 2.05) is 18.2 Å². The molecule has 260 valence electrons. The van der Waals surface area contributed by atoms with Gasteiger partial charge in [-0.15, -0.1) is 0 Å². The second-order valence-electron chi connectivity index (χ2n) is 14.8. The lowest BCUT2D eigenvalue weighted by atomic mass is 9.66. The zero-order chi connectivity index (χ0) is 36.8. The molecule has 0 unspecified atom stereocenters. The summed E-state index contributed by atoms with van der Waals surface area (Å²) >= 11 is 0. The molecule has 3 heteroatoms. The van der Waals surface area contributed by atoms with Crippen LogP contribution in [0.25, 0.3) is 89.2 Å². The van der Waals surface area contributed by atoms with Crippen LogP contribution in [0.15, 0.2) is 199 Å². The molecule has 2 aliphatic rings. The van der Waals surface area contributed by atoms with Gasteiger partial charge >= 0.3 is 0 Å². The van der Waals surface area contributed by atoms with Gasteiger partial charge in [-0.25, -0.2) is 9.97 Å². The Balaban J connectivity index is 1.13. The summed E-state index contributed by atoms with van der Waals surface area (Å²) in [6, 6.07) is 69.8. The fourth-order valence-electron chi connectivity index (χ4n) is 9.56. The van der Waals surface area contributed by atoms with E-state index in [4.69, 9.17) is 14.4 Å². The van der Waals surface area contributed by atoms with Crippen molar-refractivity contribution in [2.45, 2.75) is 5.41 Å². The zero-order valence-corrected chi connectivity index (χ0v) is 30.3. The lowest BCUT2D eigenvalue weighted by Crippen LogP contribution is -2.29. The summed E-state index contributed by atoms with van der Waals surface area (Å²) in [5.41, 5.74) is 18.6. The molecule has 2 heterocycles. The lowest BCUT2D eigenvalue weighted by molar-refractivity contribution is 0.669. The number of benzene rings is 8. The summed E-state index contributed by atoms with van der Waals surface area (Å²) in [6.45, 7) is 0. The molecule has 2 aromatic heterocycles. The van der Waals surface area contributed by atoms with Gasteiger partial charge in [0.1, 0.15) is 11.2 Å². The van der Waals surface area contributed by atoms with E-state index in [1.165, 1.54) is 55.6 Å². The van der Waals surface area contributed by atoms with Crippen LogP contribution in [-0.2, 0) is 5.41 Å². The molecule has 0 saturated carbocycles. The Hall–Kier alpha value is -7.36. The summed E-state index contributed by atoms with van der Waals surface area (Å²) in [4.78, 5) is 10.7. The van der Waals surface area contributed by atoms with Gasteiger partial charge in [-0.1, -0.05) is 158 Å². The standard InChI is InChI=1S/C53H32N2O/c1-2-14-33(15-3-1)48-32-49(34-27-29-51-43(30-34)41-21-9-13-25-50(41)56-51)55-52(54-48)35-26-28-47-42(31-35)37-17-5-4-16-36(37)38-18-6-10-22-44(38)53(47)45-23-11-7-19-39(45)40-20-8-12-24-46(40)53/h1-32H. The molecule has 12 rings (SSSR count). The van der Waals surface area contributed by atoms with Gasteiger partial charge in [0.25, 0.3) is 0 Å². The Morgan fingerprint density at radius 3 is 1.52 bits per heavy atom. The molecule has 0 bridgehead atoms. The van der Waals surface area contributed by atoms with E-state index in [2.05, 4.69) is 176 Å². The van der Waals surface area contributed by atoms with Gasteiger partial charge in [0.05, 0.1) is 16.8 Å². The van der Waals surface area contributed by atoms with Gasteiger partial charge in [-0.05, 0) is 92.0 Å². The predicted octanol–water partition coefficient (Wildman–Crippen LogP) is 13.4. The first kappa shape index (κ1) is 31.0. The van der Waals surface area contributed by atoms with Crippen LogP contribution in [0, 0.1) is 0 Å². The van der Waals surface area contributed by atoms with E-state index in [9.17, 15) is 0 Å². The molecule has 0 atom stereocenters. The highest BCUT2D eigenvalue weighted by Crippen LogP contribution is 2.61. The van der Waals surface area contributed by atoms with Crippen molar-refractivity contribution in [1.29, 1.82) is 0 Å². The van der Waals surface area contributed by atoms with Crippen LogP contribution in [0.2, 0.25) is 0 Å². The molecule has 0 radical (unpaired) electrons. The molecule has 0 aliphatic heterocycles. The molecule has 0 N–H and O–H groups in total. The van der Waals surface area contributed by atoms with Crippen molar-refractivity contribution < 1.29 is 4.42 Å². The van der Waals surface area contributed by atoms with Crippen LogP contribution in [0.3, 0.4) is 0 Å². The molecule has 56 heavy (non-hydrogen) atoms. The Bertz CT molecular complexity index is 3170. The molecule has 3 nitrogen and oxygen atoms in total. The number of furan rings is 1. The highest BCUT2D eigenvalue weighted by molar-refractivity contribution is 6.06. The minimum absolute atomic E-state index is 0.530. The minimum atomic E-state index is -0.530. The second-order valence-corrected chi connectivity index (χ2v) is 14.8. The molecular weight excluding hydrogens is 681 g/mol. The van der Waals surface area contributed by atoms with Crippen molar-refractivity contribution in [3.05, 3.63) is 216 Å². The number of rotatable bonds is 3. The maximum Gasteiger partial charge on any atom is 0.160 e. The number of hydrogen-bond donors (Lipinski definition) is 0. The molecular formula is C53H32N2O. The van der Waals surface area contributed by atoms with E-state index in [1.54, 1.807) is 0 Å². The van der Waals surface area contributed by atoms with Gasteiger partial charge in [0, 0.05) is 27.5 Å². The summed E-state index contributed by atoms with van der Waals surface area (Å²) in [7, 11) is 0. The van der Waals surface area contributed by atoms with E-state index in [-0.39, 0.29) is 0 Å². The number of hydrogen-bond acceptors (Lipinski definition) is 3. The van der Waals surface area contributed by atoms with E-state index < -0.39 is 5.41 Å². The number of fused-ring (bicyclic) bond motifs is 15. The van der Waals surface area contributed by atoms with Gasteiger partial charge in [0.2, 0.25) is 0 Å². The topological polar surface area (TPSA) is 38.9 Å². The first-order chi connectivity index (χ1) is 27.8.